The monoisotopic (exact) mass is 330 g/mol. The number of pyridine rings is 1. The van der Waals surface area contributed by atoms with Gasteiger partial charge in [-0.3, -0.25) is 4.98 Å². The van der Waals surface area contributed by atoms with Crippen LogP contribution >= 0.6 is 0 Å². The van der Waals surface area contributed by atoms with Gasteiger partial charge in [-0.2, -0.15) is 0 Å². The molecule has 0 atom stereocenters. The zero-order valence-electron chi connectivity index (χ0n) is 13.8. The first kappa shape index (κ1) is 19.3. The molecule has 0 amide bonds. The molecule has 0 unspecified atom stereocenters. The van der Waals surface area contributed by atoms with Crippen molar-refractivity contribution >= 4 is 11.9 Å². The summed E-state index contributed by atoms with van der Waals surface area (Å²) in [7, 11) is 0. The molecule has 0 saturated carbocycles. The predicted molar refractivity (Wildman–Crippen MR) is 90.6 cm³/mol. The third kappa shape index (κ3) is 7.51. The van der Waals surface area contributed by atoms with Crippen molar-refractivity contribution in [3.05, 3.63) is 65.5 Å². The molecule has 0 aliphatic heterocycles. The number of benzene rings is 1. The van der Waals surface area contributed by atoms with E-state index in [0.29, 0.717) is 5.92 Å². The van der Waals surface area contributed by atoms with Crippen molar-refractivity contribution in [3.8, 4) is 0 Å². The lowest BCUT2D eigenvalue weighted by Gasteiger charge is -2.08. The molecular formula is C18H22N2O4. The number of carboxylic acid groups (broad SMARTS) is 2. The molecule has 1 heterocycles. The highest BCUT2D eigenvalue weighted by Crippen LogP contribution is 2.14. The van der Waals surface area contributed by atoms with Gasteiger partial charge in [0.2, 0.25) is 0 Å². The summed E-state index contributed by atoms with van der Waals surface area (Å²) < 4.78 is 0. The molecule has 0 aliphatic carbocycles. The van der Waals surface area contributed by atoms with Crippen LogP contribution in [0.1, 0.15) is 36.5 Å². The van der Waals surface area contributed by atoms with Gasteiger partial charge in [0.15, 0.2) is 0 Å². The molecular weight excluding hydrogens is 308 g/mol. The van der Waals surface area contributed by atoms with E-state index < -0.39 is 11.9 Å². The third-order valence-corrected chi connectivity index (χ3v) is 3.21. The summed E-state index contributed by atoms with van der Waals surface area (Å²) in [6.45, 7) is 6.19. The van der Waals surface area contributed by atoms with E-state index in [0.717, 1.165) is 13.1 Å². The van der Waals surface area contributed by atoms with E-state index in [1.807, 2.05) is 12.3 Å². The van der Waals surface area contributed by atoms with Crippen molar-refractivity contribution in [2.45, 2.75) is 32.9 Å². The number of rotatable bonds is 5. The summed E-state index contributed by atoms with van der Waals surface area (Å²) in [5.74, 6) is -3.05. The van der Waals surface area contributed by atoms with Crippen molar-refractivity contribution in [1.82, 2.24) is 10.3 Å². The fourth-order valence-corrected chi connectivity index (χ4v) is 1.87. The predicted octanol–water partition coefficient (Wildman–Crippen LogP) is 2.65. The quantitative estimate of drug-likeness (QED) is 0.729. The van der Waals surface area contributed by atoms with Crippen molar-refractivity contribution < 1.29 is 19.8 Å². The third-order valence-electron chi connectivity index (χ3n) is 3.21. The zero-order valence-corrected chi connectivity index (χ0v) is 13.8. The number of carboxylic acids is 2. The maximum absolute atomic E-state index is 9.10. The fraction of sp³-hybridized carbons (Fsp3) is 0.278. The molecule has 3 N–H and O–H groups in total. The van der Waals surface area contributed by atoms with E-state index in [4.69, 9.17) is 19.8 Å². The Bertz CT molecular complexity index is 628. The fourth-order valence-electron chi connectivity index (χ4n) is 1.87. The second-order valence-corrected chi connectivity index (χ2v) is 5.47. The number of hydrogen-bond acceptors (Lipinski definition) is 4. The topological polar surface area (TPSA) is 99.5 Å². The normalized spacial score (nSPS) is 9.96. The SMILES string of the molecule is CC(C)c1ccc(CNCc2cccnc2)cc1.O=C(O)C(=O)O. The van der Waals surface area contributed by atoms with Crippen LogP contribution in [0.15, 0.2) is 48.8 Å². The second-order valence-electron chi connectivity index (χ2n) is 5.47. The summed E-state index contributed by atoms with van der Waals surface area (Å²) in [6, 6.07) is 12.9. The van der Waals surface area contributed by atoms with Crippen LogP contribution in [-0.4, -0.2) is 27.1 Å². The Morgan fingerprint density at radius 3 is 2.04 bits per heavy atom. The van der Waals surface area contributed by atoms with Gasteiger partial charge < -0.3 is 15.5 Å². The minimum atomic E-state index is -1.82. The number of nitrogens with one attached hydrogen (secondary N) is 1. The van der Waals surface area contributed by atoms with Gasteiger partial charge in [0.05, 0.1) is 0 Å². The summed E-state index contributed by atoms with van der Waals surface area (Å²) in [6.07, 6.45) is 3.70. The zero-order chi connectivity index (χ0) is 17.9. The van der Waals surface area contributed by atoms with Crippen molar-refractivity contribution in [2.24, 2.45) is 0 Å². The first-order chi connectivity index (χ1) is 11.4. The first-order valence-corrected chi connectivity index (χ1v) is 7.54. The molecule has 0 fully saturated rings. The van der Waals surface area contributed by atoms with Crippen LogP contribution in [0.2, 0.25) is 0 Å². The molecule has 2 aromatic rings. The minimum absolute atomic E-state index is 0.599. The van der Waals surface area contributed by atoms with Crippen LogP contribution in [0.25, 0.3) is 0 Å². The second kappa shape index (κ2) is 10.1. The molecule has 1 aromatic carbocycles. The smallest absolute Gasteiger partial charge is 0.414 e. The van der Waals surface area contributed by atoms with Crippen molar-refractivity contribution in [3.63, 3.8) is 0 Å². The maximum Gasteiger partial charge on any atom is 0.414 e. The first-order valence-electron chi connectivity index (χ1n) is 7.54. The van der Waals surface area contributed by atoms with E-state index in [9.17, 15) is 0 Å². The highest BCUT2D eigenvalue weighted by atomic mass is 16.4. The van der Waals surface area contributed by atoms with Gasteiger partial charge >= 0.3 is 11.9 Å². The number of carbonyl (C=O) groups is 2. The molecule has 2 rings (SSSR count). The highest BCUT2D eigenvalue weighted by molar-refractivity contribution is 6.27. The van der Waals surface area contributed by atoms with E-state index >= 15 is 0 Å². The van der Waals surface area contributed by atoms with Gasteiger partial charge in [0, 0.05) is 25.5 Å². The van der Waals surface area contributed by atoms with Crippen molar-refractivity contribution in [2.75, 3.05) is 0 Å². The number of hydrogen-bond donors (Lipinski definition) is 3. The Labute approximate surface area is 141 Å². The van der Waals surface area contributed by atoms with Gasteiger partial charge in [0.1, 0.15) is 0 Å². The molecule has 0 aliphatic rings. The van der Waals surface area contributed by atoms with Crippen LogP contribution in [0.3, 0.4) is 0 Å². The van der Waals surface area contributed by atoms with Gasteiger partial charge in [-0.15, -0.1) is 0 Å². The molecule has 128 valence electrons. The lowest BCUT2D eigenvalue weighted by atomic mass is 10.0. The van der Waals surface area contributed by atoms with Crippen LogP contribution in [0.5, 0.6) is 0 Å². The lowest BCUT2D eigenvalue weighted by molar-refractivity contribution is -0.159. The Kier molecular flexibility index (Phi) is 8.15. The van der Waals surface area contributed by atoms with Gasteiger partial charge in [0.25, 0.3) is 0 Å². The van der Waals surface area contributed by atoms with Crippen LogP contribution in [-0.2, 0) is 22.7 Å². The average molecular weight is 330 g/mol. The van der Waals surface area contributed by atoms with E-state index in [2.05, 4.69) is 54.5 Å². The van der Waals surface area contributed by atoms with E-state index in [1.165, 1.54) is 16.7 Å². The number of nitrogens with zero attached hydrogens (tertiary/aromatic N) is 1. The Balaban J connectivity index is 0.000000413. The Morgan fingerprint density at radius 2 is 1.58 bits per heavy atom. The Hall–Kier alpha value is -2.73. The van der Waals surface area contributed by atoms with Crippen LogP contribution in [0.4, 0.5) is 0 Å². The van der Waals surface area contributed by atoms with Crippen LogP contribution < -0.4 is 5.32 Å². The highest BCUT2D eigenvalue weighted by Gasteiger charge is 2.04. The summed E-state index contributed by atoms with van der Waals surface area (Å²) in [4.78, 5) is 22.3. The van der Waals surface area contributed by atoms with Gasteiger partial charge in [-0.1, -0.05) is 44.2 Å². The van der Waals surface area contributed by atoms with Crippen LogP contribution in [0, 0.1) is 0 Å². The van der Waals surface area contributed by atoms with Crippen molar-refractivity contribution in [1.29, 1.82) is 0 Å². The standard InChI is InChI=1S/C16H20N2.C2H2O4/c1-13(2)16-7-5-14(6-8-16)10-18-12-15-4-3-9-17-11-15;3-1(4)2(5)6/h3-9,11,13,18H,10,12H2,1-2H3;(H,3,4)(H,5,6). The number of aliphatic carboxylic acids is 2. The summed E-state index contributed by atoms with van der Waals surface area (Å²) in [5.41, 5.74) is 3.94. The van der Waals surface area contributed by atoms with Gasteiger partial charge in [-0.25, -0.2) is 9.59 Å². The molecule has 6 heteroatoms. The minimum Gasteiger partial charge on any atom is -0.473 e. The molecule has 1 aromatic heterocycles. The molecule has 6 nitrogen and oxygen atoms in total. The van der Waals surface area contributed by atoms with Gasteiger partial charge in [-0.05, 0) is 28.7 Å². The molecule has 0 saturated heterocycles. The lowest BCUT2D eigenvalue weighted by Crippen LogP contribution is -2.12. The molecule has 0 spiro atoms. The summed E-state index contributed by atoms with van der Waals surface area (Å²) >= 11 is 0. The largest absolute Gasteiger partial charge is 0.473 e. The molecule has 0 radical (unpaired) electrons. The van der Waals surface area contributed by atoms with E-state index in [1.54, 1.807) is 6.20 Å². The summed E-state index contributed by atoms with van der Waals surface area (Å²) in [5, 5.41) is 18.2. The number of aromatic nitrogens is 1. The Morgan fingerprint density at radius 1 is 1.00 bits per heavy atom. The molecule has 24 heavy (non-hydrogen) atoms. The average Bonchev–Trinajstić information content (AvgIpc) is 2.57. The molecule has 0 bridgehead atoms. The maximum atomic E-state index is 9.10. The van der Waals surface area contributed by atoms with E-state index in [-0.39, 0.29) is 0 Å².